The summed E-state index contributed by atoms with van der Waals surface area (Å²) in [6, 6.07) is 13.3. The monoisotopic (exact) mass is 398 g/mol. The summed E-state index contributed by atoms with van der Waals surface area (Å²) < 4.78 is 11.2. The van der Waals surface area contributed by atoms with Crippen molar-refractivity contribution in [3.8, 4) is 11.5 Å². The summed E-state index contributed by atoms with van der Waals surface area (Å²) in [5, 5.41) is 2.76. The van der Waals surface area contributed by atoms with Gasteiger partial charge in [-0.15, -0.1) is 11.8 Å². The van der Waals surface area contributed by atoms with Gasteiger partial charge >= 0.3 is 0 Å². The Morgan fingerprint density at radius 3 is 2.71 bits per heavy atom. The molecule has 2 amide bonds. The van der Waals surface area contributed by atoms with Crippen LogP contribution in [0.2, 0.25) is 0 Å². The standard InChI is InChI=1S/C21H22N2O4S/c1-13(2)20(25)22-15-5-3-4-14(10-15)21-23(19(24)12-28-21)16-6-7-17-18(11-16)27-9-8-26-17/h3-7,10-11,13,21H,8-9,12H2,1-2H3,(H,22,25)/t21-/m0/s1. The van der Waals surface area contributed by atoms with Crippen molar-refractivity contribution < 1.29 is 19.1 Å². The highest BCUT2D eigenvalue weighted by molar-refractivity contribution is 8.00. The van der Waals surface area contributed by atoms with E-state index in [1.807, 2.05) is 56.3 Å². The first kappa shape index (κ1) is 18.7. The zero-order valence-electron chi connectivity index (χ0n) is 15.8. The molecule has 7 heteroatoms. The number of anilines is 2. The van der Waals surface area contributed by atoms with Gasteiger partial charge in [0.25, 0.3) is 0 Å². The fourth-order valence-electron chi connectivity index (χ4n) is 3.19. The van der Waals surface area contributed by atoms with Crippen molar-refractivity contribution in [1.29, 1.82) is 0 Å². The van der Waals surface area contributed by atoms with Gasteiger partial charge in [-0.05, 0) is 29.8 Å². The van der Waals surface area contributed by atoms with Gasteiger partial charge in [-0.2, -0.15) is 0 Å². The van der Waals surface area contributed by atoms with Gasteiger partial charge in [0, 0.05) is 23.4 Å². The number of ether oxygens (including phenoxy) is 2. The summed E-state index contributed by atoms with van der Waals surface area (Å²) in [6.07, 6.45) is 0. The molecule has 0 radical (unpaired) electrons. The third-order valence-electron chi connectivity index (χ3n) is 4.64. The van der Waals surface area contributed by atoms with Crippen LogP contribution < -0.4 is 19.7 Å². The molecule has 2 aromatic rings. The minimum atomic E-state index is -0.161. The molecule has 1 N–H and O–H groups in total. The smallest absolute Gasteiger partial charge is 0.238 e. The van der Waals surface area contributed by atoms with Crippen LogP contribution in [0.1, 0.15) is 24.8 Å². The predicted octanol–water partition coefficient (Wildman–Crippen LogP) is 3.83. The molecule has 2 heterocycles. The van der Waals surface area contributed by atoms with E-state index in [0.717, 1.165) is 16.9 Å². The first-order chi connectivity index (χ1) is 13.5. The summed E-state index contributed by atoms with van der Waals surface area (Å²) in [5.41, 5.74) is 2.48. The minimum Gasteiger partial charge on any atom is -0.486 e. The number of carbonyl (C=O) groups is 2. The molecule has 0 spiro atoms. The second-order valence-corrected chi connectivity index (χ2v) is 8.09. The maximum Gasteiger partial charge on any atom is 0.238 e. The quantitative estimate of drug-likeness (QED) is 0.848. The molecular weight excluding hydrogens is 376 g/mol. The van der Waals surface area contributed by atoms with Crippen molar-refractivity contribution in [3.63, 3.8) is 0 Å². The Bertz CT molecular complexity index is 915. The molecule has 1 atom stereocenters. The maximum absolute atomic E-state index is 12.6. The zero-order valence-corrected chi connectivity index (χ0v) is 16.6. The summed E-state index contributed by atoms with van der Waals surface area (Å²) >= 11 is 1.57. The highest BCUT2D eigenvalue weighted by Crippen LogP contribution is 2.44. The van der Waals surface area contributed by atoms with E-state index in [1.54, 1.807) is 16.7 Å². The van der Waals surface area contributed by atoms with E-state index in [9.17, 15) is 9.59 Å². The third-order valence-corrected chi connectivity index (χ3v) is 5.85. The van der Waals surface area contributed by atoms with E-state index in [4.69, 9.17) is 9.47 Å². The molecule has 2 aromatic carbocycles. The average molecular weight is 398 g/mol. The number of hydrogen-bond acceptors (Lipinski definition) is 5. The molecule has 2 aliphatic rings. The fourth-order valence-corrected chi connectivity index (χ4v) is 4.36. The second kappa shape index (κ2) is 7.75. The van der Waals surface area contributed by atoms with Crippen LogP contribution in [-0.4, -0.2) is 30.8 Å². The van der Waals surface area contributed by atoms with E-state index in [1.165, 1.54) is 0 Å². The molecule has 4 rings (SSSR count). The predicted molar refractivity (Wildman–Crippen MR) is 110 cm³/mol. The van der Waals surface area contributed by atoms with E-state index in [-0.39, 0.29) is 23.1 Å². The van der Waals surface area contributed by atoms with E-state index in [2.05, 4.69) is 5.32 Å². The Morgan fingerprint density at radius 2 is 1.93 bits per heavy atom. The Balaban J connectivity index is 1.62. The van der Waals surface area contributed by atoms with Crippen LogP contribution in [0.15, 0.2) is 42.5 Å². The lowest BCUT2D eigenvalue weighted by atomic mass is 10.1. The number of fused-ring (bicyclic) bond motifs is 1. The molecule has 0 aromatic heterocycles. The number of benzene rings is 2. The Hall–Kier alpha value is -2.67. The largest absolute Gasteiger partial charge is 0.486 e. The molecule has 0 bridgehead atoms. The van der Waals surface area contributed by atoms with Gasteiger partial charge in [0.15, 0.2) is 11.5 Å². The van der Waals surface area contributed by atoms with Crippen molar-refractivity contribution in [2.75, 3.05) is 29.2 Å². The van der Waals surface area contributed by atoms with Gasteiger partial charge in [0.05, 0.1) is 5.75 Å². The van der Waals surface area contributed by atoms with E-state index < -0.39 is 0 Å². The number of thioether (sulfide) groups is 1. The molecule has 146 valence electrons. The topological polar surface area (TPSA) is 67.9 Å². The van der Waals surface area contributed by atoms with E-state index in [0.29, 0.717) is 30.5 Å². The molecule has 1 fully saturated rings. The molecular formula is C21H22N2O4S. The van der Waals surface area contributed by atoms with Gasteiger partial charge in [-0.3, -0.25) is 14.5 Å². The molecule has 0 unspecified atom stereocenters. The number of carbonyl (C=O) groups excluding carboxylic acids is 2. The van der Waals surface area contributed by atoms with Gasteiger partial charge in [-0.1, -0.05) is 26.0 Å². The zero-order chi connectivity index (χ0) is 19.7. The number of nitrogens with one attached hydrogen (secondary N) is 1. The molecule has 28 heavy (non-hydrogen) atoms. The Labute approximate surface area is 168 Å². The van der Waals surface area contributed by atoms with Crippen LogP contribution in [0.4, 0.5) is 11.4 Å². The lowest BCUT2D eigenvalue weighted by Crippen LogP contribution is -2.28. The van der Waals surface area contributed by atoms with Crippen LogP contribution in [0.25, 0.3) is 0 Å². The number of hydrogen-bond donors (Lipinski definition) is 1. The highest BCUT2D eigenvalue weighted by atomic mass is 32.2. The van der Waals surface area contributed by atoms with Crippen molar-refractivity contribution in [1.82, 2.24) is 0 Å². The van der Waals surface area contributed by atoms with Crippen molar-refractivity contribution >= 4 is 35.0 Å². The van der Waals surface area contributed by atoms with Crippen LogP contribution in [0.3, 0.4) is 0 Å². The fraction of sp³-hybridized carbons (Fsp3) is 0.333. The van der Waals surface area contributed by atoms with Crippen LogP contribution in [-0.2, 0) is 9.59 Å². The number of amides is 2. The lowest BCUT2D eigenvalue weighted by Gasteiger charge is -2.26. The number of rotatable bonds is 4. The summed E-state index contributed by atoms with van der Waals surface area (Å²) in [5.74, 6) is 1.68. The molecule has 6 nitrogen and oxygen atoms in total. The first-order valence-corrected chi connectivity index (χ1v) is 10.3. The first-order valence-electron chi connectivity index (χ1n) is 9.27. The molecule has 0 aliphatic carbocycles. The highest BCUT2D eigenvalue weighted by Gasteiger charge is 2.35. The third kappa shape index (κ3) is 3.67. The lowest BCUT2D eigenvalue weighted by molar-refractivity contribution is -0.119. The second-order valence-electron chi connectivity index (χ2n) is 7.02. The van der Waals surface area contributed by atoms with Crippen LogP contribution >= 0.6 is 11.8 Å². The molecule has 1 saturated heterocycles. The van der Waals surface area contributed by atoms with E-state index >= 15 is 0 Å². The number of nitrogens with zero attached hydrogens (tertiary/aromatic N) is 1. The van der Waals surface area contributed by atoms with Gasteiger partial charge in [0.2, 0.25) is 11.8 Å². The normalized spacial score (nSPS) is 18.5. The van der Waals surface area contributed by atoms with Gasteiger partial charge in [0.1, 0.15) is 18.6 Å². The Kier molecular flexibility index (Phi) is 5.17. The summed E-state index contributed by atoms with van der Waals surface area (Å²) in [4.78, 5) is 26.4. The van der Waals surface area contributed by atoms with Crippen molar-refractivity contribution in [2.24, 2.45) is 5.92 Å². The van der Waals surface area contributed by atoms with Crippen molar-refractivity contribution in [3.05, 3.63) is 48.0 Å². The summed E-state index contributed by atoms with van der Waals surface area (Å²) in [7, 11) is 0. The average Bonchev–Trinajstić information content (AvgIpc) is 3.09. The SMILES string of the molecule is CC(C)C(=O)Nc1cccc([C@@H]2SCC(=O)N2c2ccc3c(c2)OCCO3)c1. The van der Waals surface area contributed by atoms with Gasteiger partial charge < -0.3 is 14.8 Å². The Morgan fingerprint density at radius 1 is 1.14 bits per heavy atom. The maximum atomic E-state index is 12.6. The summed E-state index contributed by atoms with van der Waals surface area (Å²) in [6.45, 7) is 4.74. The van der Waals surface area contributed by atoms with Crippen LogP contribution in [0.5, 0.6) is 11.5 Å². The van der Waals surface area contributed by atoms with Crippen LogP contribution in [0, 0.1) is 5.92 Å². The molecule has 2 aliphatic heterocycles. The van der Waals surface area contributed by atoms with Crippen molar-refractivity contribution in [2.45, 2.75) is 19.2 Å². The minimum absolute atomic E-state index is 0.0315. The molecule has 0 saturated carbocycles. The van der Waals surface area contributed by atoms with Gasteiger partial charge in [-0.25, -0.2) is 0 Å².